The smallest absolute Gasteiger partial charge is 0.244 e. The van der Waals surface area contributed by atoms with Crippen LogP contribution < -0.4 is 15.2 Å². The van der Waals surface area contributed by atoms with Gasteiger partial charge in [0.2, 0.25) is 10.0 Å². The van der Waals surface area contributed by atoms with Gasteiger partial charge in [-0.3, -0.25) is 5.41 Å². The van der Waals surface area contributed by atoms with Gasteiger partial charge >= 0.3 is 0 Å². The van der Waals surface area contributed by atoms with Gasteiger partial charge in [0.05, 0.1) is 6.61 Å². The monoisotopic (exact) mass is 391 g/mol. The van der Waals surface area contributed by atoms with E-state index in [1.54, 1.807) is 36.4 Å². The molecule has 0 aliphatic heterocycles. The van der Waals surface area contributed by atoms with E-state index >= 15 is 0 Å². The van der Waals surface area contributed by atoms with Crippen molar-refractivity contribution in [3.05, 3.63) is 53.6 Å². The van der Waals surface area contributed by atoms with Crippen LogP contribution in [0.5, 0.6) is 11.5 Å². The molecule has 0 saturated heterocycles. The Bertz CT molecular complexity index is 894. The number of phenols is 1. The number of aromatic hydroxyl groups is 1. The average molecular weight is 391 g/mol. The molecule has 0 aliphatic carbocycles. The van der Waals surface area contributed by atoms with Crippen molar-refractivity contribution < 1.29 is 18.3 Å². The van der Waals surface area contributed by atoms with Crippen molar-refractivity contribution in [1.82, 2.24) is 4.72 Å². The molecule has 0 saturated carbocycles. The maximum Gasteiger partial charge on any atom is 0.244 e. The number of amidine groups is 1. The molecular weight excluding hydrogens is 366 g/mol. The van der Waals surface area contributed by atoms with Gasteiger partial charge < -0.3 is 15.6 Å². The number of benzene rings is 2. The third kappa shape index (κ3) is 5.45. The van der Waals surface area contributed by atoms with Gasteiger partial charge in [-0.25, -0.2) is 13.1 Å². The Morgan fingerprint density at radius 3 is 2.48 bits per heavy atom. The molecule has 0 unspecified atom stereocenters. The molecule has 0 heterocycles. The fourth-order valence-electron chi connectivity index (χ4n) is 2.56. The molecule has 0 bridgehead atoms. The number of hydrogen-bond donors (Lipinski definition) is 4. The third-order valence-electron chi connectivity index (χ3n) is 3.96. The van der Waals surface area contributed by atoms with Crippen LogP contribution in [0.4, 0.5) is 0 Å². The van der Waals surface area contributed by atoms with E-state index in [0.29, 0.717) is 29.9 Å². The second kappa shape index (κ2) is 8.88. The lowest BCUT2D eigenvalue weighted by molar-refractivity contribution is 0.311. The molecule has 146 valence electrons. The number of sulfonamides is 1. The van der Waals surface area contributed by atoms with E-state index in [4.69, 9.17) is 15.9 Å². The van der Waals surface area contributed by atoms with Gasteiger partial charge in [-0.15, -0.1) is 0 Å². The van der Waals surface area contributed by atoms with Crippen molar-refractivity contribution in [3.63, 3.8) is 0 Å². The Morgan fingerprint density at radius 1 is 1.22 bits per heavy atom. The van der Waals surface area contributed by atoms with Gasteiger partial charge in [0.1, 0.15) is 22.2 Å². The van der Waals surface area contributed by atoms with Crippen molar-refractivity contribution in [3.8, 4) is 11.5 Å². The molecule has 2 aromatic carbocycles. The Hall–Kier alpha value is -2.58. The first-order valence-corrected chi connectivity index (χ1v) is 10.1. The molecule has 2 rings (SSSR count). The van der Waals surface area contributed by atoms with Crippen LogP contribution in [-0.4, -0.2) is 32.5 Å². The SMILES string of the molecule is CC(C)c1cccc(O)c1S(=O)(=O)NCCCOc1ccc(C(=N)N)cc1. The second-order valence-corrected chi connectivity index (χ2v) is 8.09. The first-order valence-electron chi connectivity index (χ1n) is 8.61. The highest BCUT2D eigenvalue weighted by molar-refractivity contribution is 7.89. The van der Waals surface area contributed by atoms with Gasteiger partial charge in [-0.05, 0) is 48.2 Å². The minimum Gasteiger partial charge on any atom is -0.507 e. The minimum absolute atomic E-state index is 0.0131. The van der Waals surface area contributed by atoms with Crippen molar-refractivity contribution in [1.29, 1.82) is 5.41 Å². The predicted octanol–water partition coefficient (Wildman–Crippen LogP) is 2.55. The van der Waals surface area contributed by atoms with Crippen LogP contribution in [0.1, 0.15) is 37.3 Å². The van der Waals surface area contributed by atoms with Gasteiger partial charge in [-0.2, -0.15) is 0 Å². The number of nitrogen functional groups attached to an aromatic ring is 1. The van der Waals surface area contributed by atoms with Crippen LogP contribution >= 0.6 is 0 Å². The van der Waals surface area contributed by atoms with Gasteiger partial charge in [0.15, 0.2) is 0 Å². The lowest BCUT2D eigenvalue weighted by atomic mass is 10.0. The Morgan fingerprint density at radius 2 is 1.89 bits per heavy atom. The summed E-state index contributed by atoms with van der Waals surface area (Å²) in [6.45, 7) is 4.25. The van der Waals surface area contributed by atoms with Crippen molar-refractivity contribution in [2.75, 3.05) is 13.2 Å². The van der Waals surface area contributed by atoms with E-state index in [1.807, 2.05) is 13.8 Å². The molecule has 0 aromatic heterocycles. The predicted molar refractivity (Wildman–Crippen MR) is 105 cm³/mol. The van der Waals surface area contributed by atoms with E-state index in [1.165, 1.54) is 6.07 Å². The fraction of sp³-hybridized carbons (Fsp3) is 0.316. The number of rotatable bonds is 9. The molecule has 27 heavy (non-hydrogen) atoms. The molecule has 7 nitrogen and oxygen atoms in total. The molecule has 0 fully saturated rings. The largest absolute Gasteiger partial charge is 0.507 e. The summed E-state index contributed by atoms with van der Waals surface area (Å²) in [6.07, 6.45) is 0.457. The number of nitrogens with two attached hydrogens (primary N) is 1. The van der Waals surface area contributed by atoms with Crippen LogP contribution in [0, 0.1) is 5.41 Å². The van der Waals surface area contributed by atoms with E-state index in [0.717, 1.165) is 0 Å². The number of ether oxygens (including phenoxy) is 1. The lowest BCUT2D eigenvalue weighted by Gasteiger charge is -2.15. The van der Waals surface area contributed by atoms with Gasteiger partial charge in [-0.1, -0.05) is 26.0 Å². The number of hydrogen-bond acceptors (Lipinski definition) is 5. The summed E-state index contributed by atoms with van der Waals surface area (Å²) in [6, 6.07) is 11.5. The molecule has 2 aromatic rings. The molecular formula is C19H25N3O4S. The summed E-state index contributed by atoms with van der Waals surface area (Å²) >= 11 is 0. The first-order chi connectivity index (χ1) is 12.7. The Kier molecular flexibility index (Phi) is 6.81. The summed E-state index contributed by atoms with van der Waals surface area (Å²) in [5.41, 5.74) is 6.57. The molecule has 5 N–H and O–H groups in total. The van der Waals surface area contributed by atoms with Crippen LogP contribution in [0.25, 0.3) is 0 Å². The lowest BCUT2D eigenvalue weighted by Crippen LogP contribution is -2.27. The zero-order chi connectivity index (χ0) is 20.0. The summed E-state index contributed by atoms with van der Waals surface area (Å²) in [4.78, 5) is -0.0688. The normalized spacial score (nSPS) is 11.5. The standard InChI is InChI=1S/C19H25N3O4S/c1-13(2)16-5-3-6-17(23)18(16)27(24,25)22-11-4-12-26-15-9-7-14(8-10-15)19(20)21/h3,5-10,13,22-23H,4,11-12H2,1-2H3,(H3,20,21). The molecule has 0 spiro atoms. The minimum atomic E-state index is -3.82. The molecule has 8 heteroatoms. The van der Waals surface area contributed by atoms with Gasteiger partial charge in [0.25, 0.3) is 0 Å². The van der Waals surface area contributed by atoms with E-state index in [9.17, 15) is 13.5 Å². The highest BCUT2D eigenvalue weighted by atomic mass is 32.2. The Labute approximate surface area is 159 Å². The zero-order valence-corrected chi connectivity index (χ0v) is 16.2. The van der Waals surface area contributed by atoms with Crippen molar-refractivity contribution >= 4 is 15.9 Å². The second-order valence-electron chi connectivity index (χ2n) is 6.39. The fourth-order valence-corrected chi connectivity index (χ4v) is 4.08. The zero-order valence-electron chi connectivity index (χ0n) is 15.4. The van der Waals surface area contributed by atoms with Crippen molar-refractivity contribution in [2.45, 2.75) is 31.1 Å². The molecule has 0 amide bonds. The highest BCUT2D eigenvalue weighted by Gasteiger charge is 2.23. The molecule has 0 atom stereocenters. The topological polar surface area (TPSA) is 125 Å². The highest BCUT2D eigenvalue weighted by Crippen LogP contribution is 2.31. The van der Waals surface area contributed by atoms with Gasteiger partial charge in [0, 0.05) is 12.1 Å². The van der Waals surface area contributed by atoms with Crippen LogP contribution in [0.2, 0.25) is 0 Å². The van der Waals surface area contributed by atoms with Crippen LogP contribution in [0.3, 0.4) is 0 Å². The summed E-state index contributed by atoms with van der Waals surface area (Å²) < 4.78 is 33.2. The number of phenolic OH excluding ortho intramolecular Hbond substituents is 1. The molecule has 0 aliphatic rings. The van der Waals surface area contributed by atoms with E-state index in [-0.39, 0.29) is 28.9 Å². The maximum atomic E-state index is 12.6. The summed E-state index contributed by atoms with van der Waals surface area (Å²) in [5.74, 6) is 0.312. The maximum absolute atomic E-state index is 12.6. The van der Waals surface area contributed by atoms with E-state index in [2.05, 4.69) is 4.72 Å². The summed E-state index contributed by atoms with van der Waals surface area (Å²) in [7, 11) is -3.82. The van der Waals surface area contributed by atoms with Crippen LogP contribution in [-0.2, 0) is 10.0 Å². The Balaban J connectivity index is 1.90. The quantitative estimate of drug-likeness (QED) is 0.297. The number of nitrogens with one attached hydrogen (secondary N) is 2. The average Bonchev–Trinajstić information content (AvgIpc) is 2.61. The summed E-state index contributed by atoms with van der Waals surface area (Å²) in [5, 5.41) is 17.4. The van der Waals surface area contributed by atoms with Crippen molar-refractivity contribution in [2.24, 2.45) is 5.73 Å². The third-order valence-corrected chi connectivity index (χ3v) is 5.53. The van der Waals surface area contributed by atoms with Crippen LogP contribution in [0.15, 0.2) is 47.4 Å². The van der Waals surface area contributed by atoms with E-state index < -0.39 is 10.0 Å². The molecule has 0 radical (unpaired) electrons. The first kappa shape index (κ1) is 20.7.